The third-order valence-electron chi connectivity index (χ3n) is 6.74. The van der Waals surface area contributed by atoms with Gasteiger partial charge in [-0.3, -0.25) is 13.9 Å². The van der Waals surface area contributed by atoms with Crippen LogP contribution in [0.5, 0.6) is 0 Å². The first-order chi connectivity index (χ1) is 19.5. The minimum absolute atomic E-state index is 0.00141. The molecule has 0 aliphatic rings. The number of amides is 2. The molecule has 41 heavy (non-hydrogen) atoms. The van der Waals surface area contributed by atoms with Crippen LogP contribution >= 0.6 is 23.2 Å². The van der Waals surface area contributed by atoms with Gasteiger partial charge in [-0.2, -0.15) is 0 Å². The molecule has 1 N–H and O–H groups in total. The van der Waals surface area contributed by atoms with Crippen molar-refractivity contribution in [2.45, 2.75) is 64.4 Å². The molecular weight excluding hydrogens is 581 g/mol. The Morgan fingerprint density at radius 3 is 2.24 bits per heavy atom. The number of benzene rings is 3. The summed E-state index contributed by atoms with van der Waals surface area (Å²) < 4.78 is 29.0. The summed E-state index contributed by atoms with van der Waals surface area (Å²) in [6, 6.07) is 17.8. The Hall–Kier alpha value is -3.07. The number of nitrogens with zero attached hydrogens (tertiary/aromatic N) is 2. The van der Waals surface area contributed by atoms with Crippen LogP contribution in [0.25, 0.3) is 0 Å². The normalized spacial score (nSPS) is 12.0. The standard InChI is InChI=1S/C31H37Cl2N3O4S/c1-5-7-18-34-31(38)27(6-2)35(20-24-11-8-10-23(4)19-24)29(37)21-36(28-13-9-12-26(32)30(28)33)41(39,40)25-16-14-22(3)15-17-25/h8-17,19,27H,5-7,18,20-21H2,1-4H3,(H,34,38)/t27-/m0/s1. The number of rotatable bonds is 13. The lowest BCUT2D eigenvalue weighted by molar-refractivity contribution is -0.140. The lowest BCUT2D eigenvalue weighted by atomic mass is 10.1. The number of nitrogens with one attached hydrogen (secondary N) is 1. The molecule has 0 radical (unpaired) electrons. The average Bonchev–Trinajstić information content (AvgIpc) is 2.93. The Labute approximate surface area is 253 Å². The molecule has 1 atom stereocenters. The van der Waals surface area contributed by atoms with Gasteiger partial charge in [-0.15, -0.1) is 0 Å². The first kappa shape index (κ1) is 32.4. The van der Waals surface area contributed by atoms with E-state index in [2.05, 4.69) is 5.32 Å². The van der Waals surface area contributed by atoms with Gasteiger partial charge in [-0.05, 0) is 56.5 Å². The smallest absolute Gasteiger partial charge is 0.264 e. The van der Waals surface area contributed by atoms with E-state index in [1.165, 1.54) is 23.1 Å². The van der Waals surface area contributed by atoms with E-state index < -0.39 is 28.5 Å². The molecule has 7 nitrogen and oxygen atoms in total. The van der Waals surface area contributed by atoms with E-state index in [1.807, 2.05) is 52.0 Å². The maximum atomic E-state index is 14.1. The van der Waals surface area contributed by atoms with Crippen molar-refractivity contribution in [2.24, 2.45) is 0 Å². The highest BCUT2D eigenvalue weighted by Gasteiger charge is 2.34. The number of sulfonamides is 1. The fraction of sp³-hybridized carbons (Fsp3) is 0.355. The molecule has 0 heterocycles. The van der Waals surface area contributed by atoms with Crippen LogP contribution in [0.2, 0.25) is 10.0 Å². The lowest BCUT2D eigenvalue weighted by Gasteiger charge is -2.33. The number of carbonyl (C=O) groups excluding carboxylic acids is 2. The van der Waals surface area contributed by atoms with Crippen LogP contribution in [-0.2, 0) is 26.2 Å². The summed E-state index contributed by atoms with van der Waals surface area (Å²) in [6.07, 6.45) is 2.07. The zero-order valence-electron chi connectivity index (χ0n) is 23.9. The van der Waals surface area contributed by atoms with Crippen molar-refractivity contribution in [1.82, 2.24) is 10.2 Å². The van der Waals surface area contributed by atoms with E-state index in [1.54, 1.807) is 24.3 Å². The van der Waals surface area contributed by atoms with Crippen LogP contribution in [0, 0.1) is 13.8 Å². The van der Waals surface area contributed by atoms with Gasteiger partial charge in [0.05, 0.1) is 20.6 Å². The number of hydrogen-bond donors (Lipinski definition) is 1. The van der Waals surface area contributed by atoms with Gasteiger partial charge in [0.25, 0.3) is 10.0 Å². The number of halogens is 2. The first-order valence-electron chi connectivity index (χ1n) is 13.7. The zero-order valence-corrected chi connectivity index (χ0v) is 26.2. The van der Waals surface area contributed by atoms with Crippen molar-refractivity contribution in [1.29, 1.82) is 0 Å². The predicted molar refractivity (Wildman–Crippen MR) is 166 cm³/mol. The molecule has 0 aromatic heterocycles. The van der Waals surface area contributed by atoms with E-state index in [9.17, 15) is 18.0 Å². The van der Waals surface area contributed by atoms with Crippen molar-refractivity contribution in [3.05, 3.63) is 93.5 Å². The number of hydrogen-bond acceptors (Lipinski definition) is 4. The summed E-state index contributed by atoms with van der Waals surface area (Å²) in [6.45, 7) is 7.69. The summed E-state index contributed by atoms with van der Waals surface area (Å²) in [4.78, 5) is 28.9. The minimum Gasteiger partial charge on any atom is -0.354 e. The van der Waals surface area contributed by atoms with E-state index in [0.717, 1.165) is 33.8 Å². The van der Waals surface area contributed by atoms with Crippen molar-refractivity contribution < 1.29 is 18.0 Å². The van der Waals surface area contributed by atoms with Crippen LogP contribution in [0.4, 0.5) is 5.69 Å². The van der Waals surface area contributed by atoms with Gasteiger partial charge in [-0.25, -0.2) is 8.42 Å². The third kappa shape index (κ3) is 8.24. The molecule has 3 rings (SSSR count). The van der Waals surface area contributed by atoms with E-state index >= 15 is 0 Å². The molecule has 0 aliphatic carbocycles. The molecule has 0 bridgehead atoms. The Morgan fingerprint density at radius 1 is 0.927 bits per heavy atom. The molecule has 0 saturated heterocycles. The molecule has 0 fully saturated rings. The molecule has 3 aromatic rings. The Balaban J connectivity index is 2.08. The van der Waals surface area contributed by atoms with Crippen LogP contribution in [0.1, 0.15) is 49.8 Å². The fourth-order valence-corrected chi connectivity index (χ4v) is 6.34. The predicted octanol–water partition coefficient (Wildman–Crippen LogP) is 6.53. The second-order valence-corrected chi connectivity index (χ2v) is 12.6. The maximum Gasteiger partial charge on any atom is 0.264 e. The SMILES string of the molecule is CCCCNC(=O)[C@H](CC)N(Cc1cccc(C)c1)C(=O)CN(c1cccc(Cl)c1Cl)S(=O)(=O)c1ccc(C)cc1. The Morgan fingerprint density at radius 2 is 1.61 bits per heavy atom. The van der Waals surface area contributed by atoms with Crippen molar-refractivity contribution >= 4 is 50.7 Å². The Bertz CT molecular complexity index is 1460. The topological polar surface area (TPSA) is 86.8 Å². The fourth-order valence-electron chi connectivity index (χ4n) is 4.47. The van der Waals surface area contributed by atoms with Crippen molar-refractivity contribution in [3.63, 3.8) is 0 Å². The summed E-state index contributed by atoms with van der Waals surface area (Å²) in [5.41, 5.74) is 2.79. The van der Waals surface area contributed by atoms with Crippen LogP contribution in [0.3, 0.4) is 0 Å². The van der Waals surface area contributed by atoms with Gasteiger partial charge in [0.1, 0.15) is 12.6 Å². The van der Waals surface area contributed by atoms with Gasteiger partial charge in [0.2, 0.25) is 11.8 Å². The van der Waals surface area contributed by atoms with Crippen LogP contribution < -0.4 is 9.62 Å². The lowest BCUT2D eigenvalue weighted by Crippen LogP contribution is -2.52. The van der Waals surface area contributed by atoms with Crippen LogP contribution in [0.15, 0.2) is 71.6 Å². The molecule has 10 heteroatoms. The van der Waals surface area contributed by atoms with E-state index in [-0.39, 0.29) is 33.1 Å². The highest BCUT2D eigenvalue weighted by molar-refractivity contribution is 7.92. The Kier molecular flexibility index (Phi) is 11.6. The summed E-state index contributed by atoms with van der Waals surface area (Å²) in [5, 5.41) is 3.09. The highest BCUT2D eigenvalue weighted by atomic mass is 35.5. The molecule has 3 aromatic carbocycles. The van der Waals surface area contributed by atoms with Gasteiger partial charge < -0.3 is 10.2 Å². The number of unbranched alkanes of at least 4 members (excludes halogenated alkanes) is 1. The van der Waals surface area contributed by atoms with Gasteiger partial charge >= 0.3 is 0 Å². The maximum absolute atomic E-state index is 14.1. The number of anilines is 1. The molecule has 2 amide bonds. The monoisotopic (exact) mass is 617 g/mol. The van der Waals surface area contributed by atoms with Crippen molar-refractivity contribution in [3.8, 4) is 0 Å². The highest BCUT2D eigenvalue weighted by Crippen LogP contribution is 2.35. The number of aryl methyl sites for hydroxylation is 2. The average molecular weight is 619 g/mol. The second-order valence-electron chi connectivity index (χ2n) is 9.98. The molecule has 0 aliphatic heterocycles. The zero-order chi connectivity index (χ0) is 30.2. The summed E-state index contributed by atoms with van der Waals surface area (Å²) in [5.74, 6) is -0.827. The largest absolute Gasteiger partial charge is 0.354 e. The van der Waals surface area contributed by atoms with Gasteiger partial charge in [0.15, 0.2) is 0 Å². The van der Waals surface area contributed by atoms with Gasteiger partial charge in [-0.1, -0.05) is 97.1 Å². The van der Waals surface area contributed by atoms with Gasteiger partial charge in [0, 0.05) is 13.1 Å². The third-order valence-corrected chi connectivity index (χ3v) is 9.32. The summed E-state index contributed by atoms with van der Waals surface area (Å²) >= 11 is 12.8. The van der Waals surface area contributed by atoms with E-state index in [0.29, 0.717) is 13.0 Å². The van der Waals surface area contributed by atoms with Crippen LogP contribution in [-0.4, -0.2) is 44.3 Å². The quantitative estimate of drug-likeness (QED) is 0.221. The molecule has 0 saturated carbocycles. The summed E-state index contributed by atoms with van der Waals surface area (Å²) in [7, 11) is -4.25. The molecule has 0 spiro atoms. The minimum atomic E-state index is -4.25. The molecule has 0 unspecified atom stereocenters. The number of carbonyl (C=O) groups is 2. The first-order valence-corrected chi connectivity index (χ1v) is 15.8. The van der Waals surface area contributed by atoms with Crippen molar-refractivity contribution in [2.75, 3.05) is 17.4 Å². The van der Waals surface area contributed by atoms with E-state index in [4.69, 9.17) is 23.2 Å². The molecular formula is C31H37Cl2N3O4S. The second kappa shape index (κ2) is 14.7. The molecule has 220 valence electrons.